The Bertz CT molecular complexity index is 869. The van der Waals surface area contributed by atoms with Crippen LogP contribution in [0.2, 0.25) is 0 Å². The lowest BCUT2D eigenvalue weighted by molar-refractivity contribution is -0.122. The molecule has 0 bridgehead atoms. The number of nitrogens with zero attached hydrogens (tertiary/aromatic N) is 2. The van der Waals surface area contributed by atoms with Crippen molar-refractivity contribution in [2.75, 3.05) is 6.54 Å². The van der Waals surface area contributed by atoms with Crippen molar-refractivity contribution in [2.45, 2.75) is 25.7 Å². The van der Waals surface area contributed by atoms with Crippen molar-refractivity contribution in [2.24, 2.45) is 5.92 Å². The minimum absolute atomic E-state index is 0.0921. The molecular formula is C19H20N4O2. The van der Waals surface area contributed by atoms with E-state index in [0.29, 0.717) is 30.5 Å². The normalized spacial score (nSPS) is 18.9. The van der Waals surface area contributed by atoms with E-state index in [0.717, 1.165) is 12.2 Å². The maximum atomic E-state index is 12.3. The molecule has 2 heterocycles. The van der Waals surface area contributed by atoms with E-state index in [2.05, 4.69) is 39.6 Å². The molecule has 3 aromatic rings. The Hall–Kier alpha value is -2.89. The average molecular weight is 336 g/mol. The maximum Gasteiger partial charge on any atom is 0.223 e. The first kappa shape index (κ1) is 15.6. The predicted octanol–water partition coefficient (Wildman–Crippen LogP) is 2.84. The summed E-state index contributed by atoms with van der Waals surface area (Å²) in [6, 6.07) is 11.9. The van der Waals surface area contributed by atoms with Crippen LogP contribution in [0.5, 0.6) is 0 Å². The fourth-order valence-electron chi connectivity index (χ4n) is 3.19. The highest BCUT2D eigenvalue weighted by molar-refractivity contribution is 5.83. The number of rotatable bonds is 6. The quantitative estimate of drug-likeness (QED) is 0.725. The number of H-pyrrole nitrogens is 1. The van der Waals surface area contributed by atoms with E-state index in [1.807, 2.05) is 18.2 Å². The third-order valence-corrected chi connectivity index (χ3v) is 4.65. The number of hydrogen-bond acceptors (Lipinski definition) is 4. The van der Waals surface area contributed by atoms with Crippen LogP contribution < -0.4 is 5.32 Å². The minimum Gasteiger partial charge on any atom is -0.461 e. The zero-order valence-corrected chi connectivity index (χ0v) is 14.0. The summed E-state index contributed by atoms with van der Waals surface area (Å²) in [5, 5.41) is 10.0. The number of furan rings is 1. The SMILES string of the molecule is Cc1ccccc1[C@H]1C[C@@H]1C(=O)NCCc1nc(-c2ccco2)n[nH]1. The zero-order chi connectivity index (χ0) is 17.2. The van der Waals surface area contributed by atoms with Gasteiger partial charge in [0.05, 0.1) is 6.26 Å². The molecule has 0 radical (unpaired) electrons. The first-order valence-corrected chi connectivity index (χ1v) is 8.51. The standard InChI is InChI=1S/C19H20N4O2/c1-12-5-2-3-6-13(12)14-11-15(14)19(24)20-9-8-17-21-18(23-22-17)16-7-4-10-25-16/h2-7,10,14-15H,8-9,11H2,1H3,(H,20,24)(H,21,22,23)/t14-,15+/m1/s1. The monoisotopic (exact) mass is 336 g/mol. The van der Waals surface area contributed by atoms with Crippen LogP contribution in [0.4, 0.5) is 0 Å². The number of hydrogen-bond donors (Lipinski definition) is 2. The minimum atomic E-state index is 0.0921. The Morgan fingerprint density at radius 1 is 1.32 bits per heavy atom. The van der Waals surface area contributed by atoms with E-state index in [4.69, 9.17) is 4.42 Å². The largest absolute Gasteiger partial charge is 0.461 e. The topological polar surface area (TPSA) is 83.8 Å². The van der Waals surface area contributed by atoms with Gasteiger partial charge in [0.25, 0.3) is 0 Å². The van der Waals surface area contributed by atoms with Crippen molar-refractivity contribution in [3.8, 4) is 11.6 Å². The van der Waals surface area contributed by atoms with Gasteiger partial charge in [0.2, 0.25) is 11.7 Å². The van der Waals surface area contributed by atoms with Gasteiger partial charge >= 0.3 is 0 Å². The second-order valence-electron chi connectivity index (χ2n) is 6.43. The molecule has 1 fully saturated rings. The van der Waals surface area contributed by atoms with Crippen molar-refractivity contribution >= 4 is 5.91 Å². The Balaban J connectivity index is 1.27. The van der Waals surface area contributed by atoms with Crippen LogP contribution in [0.1, 0.15) is 29.3 Å². The second-order valence-corrected chi connectivity index (χ2v) is 6.43. The van der Waals surface area contributed by atoms with Gasteiger partial charge in [0.15, 0.2) is 5.76 Å². The third kappa shape index (κ3) is 3.33. The molecule has 1 saturated carbocycles. The highest BCUT2D eigenvalue weighted by Crippen LogP contribution is 2.48. The molecule has 2 atom stereocenters. The van der Waals surface area contributed by atoms with Crippen LogP contribution in [-0.4, -0.2) is 27.6 Å². The number of carbonyl (C=O) groups is 1. The number of aromatic nitrogens is 3. The van der Waals surface area contributed by atoms with Gasteiger partial charge in [-0.05, 0) is 42.5 Å². The van der Waals surface area contributed by atoms with Crippen LogP contribution in [-0.2, 0) is 11.2 Å². The van der Waals surface area contributed by atoms with Gasteiger partial charge in [-0.1, -0.05) is 24.3 Å². The molecule has 0 unspecified atom stereocenters. The summed E-state index contributed by atoms with van der Waals surface area (Å²) in [7, 11) is 0. The molecule has 128 valence electrons. The average Bonchev–Trinajstić information content (AvgIpc) is 3.00. The van der Waals surface area contributed by atoms with Crippen LogP contribution in [0.15, 0.2) is 47.1 Å². The number of aryl methyl sites for hydroxylation is 1. The number of nitrogens with one attached hydrogen (secondary N) is 2. The summed E-state index contributed by atoms with van der Waals surface area (Å²) >= 11 is 0. The number of aromatic amines is 1. The van der Waals surface area contributed by atoms with Crippen molar-refractivity contribution < 1.29 is 9.21 Å². The van der Waals surface area contributed by atoms with E-state index in [1.54, 1.807) is 12.3 Å². The lowest BCUT2D eigenvalue weighted by Gasteiger charge is -2.06. The molecule has 1 aliphatic carbocycles. The van der Waals surface area contributed by atoms with Gasteiger partial charge in [0, 0.05) is 18.9 Å². The van der Waals surface area contributed by atoms with E-state index in [9.17, 15) is 4.79 Å². The van der Waals surface area contributed by atoms with E-state index < -0.39 is 0 Å². The molecule has 0 aliphatic heterocycles. The summed E-state index contributed by atoms with van der Waals surface area (Å²) in [6.45, 7) is 2.64. The molecule has 0 spiro atoms. The molecule has 1 amide bonds. The Labute approximate surface area is 145 Å². The molecule has 0 saturated heterocycles. The van der Waals surface area contributed by atoms with Gasteiger partial charge in [-0.15, -0.1) is 0 Å². The molecule has 6 nitrogen and oxygen atoms in total. The van der Waals surface area contributed by atoms with Crippen molar-refractivity contribution in [1.29, 1.82) is 0 Å². The Kier molecular flexibility index (Phi) is 4.09. The molecule has 1 aromatic carbocycles. The summed E-state index contributed by atoms with van der Waals surface area (Å²) in [6.07, 6.45) is 3.13. The summed E-state index contributed by atoms with van der Waals surface area (Å²) in [5.41, 5.74) is 2.55. The lowest BCUT2D eigenvalue weighted by Crippen LogP contribution is -2.27. The molecule has 6 heteroatoms. The molecular weight excluding hydrogens is 316 g/mol. The summed E-state index contributed by atoms with van der Waals surface area (Å²) in [5.74, 6) is 2.47. The fourth-order valence-corrected chi connectivity index (χ4v) is 3.19. The van der Waals surface area contributed by atoms with Gasteiger partial charge < -0.3 is 9.73 Å². The van der Waals surface area contributed by atoms with Gasteiger partial charge in [-0.2, -0.15) is 5.10 Å². The Morgan fingerprint density at radius 2 is 2.20 bits per heavy atom. The predicted molar refractivity (Wildman–Crippen MR) is 92.8 cm³/mol. The summed E-state index contributed by atoms with van der Waals surface area (Å²) < 4.78 is 5.26. The van der Waals surface area contributed by atoms with Gasteiger partial charge in [0.1, 0.15) is 5.82 Å². The van der Waals surface area contributed by atoms with E-state index in [-0.39, 0.29) is 11.8 Å². The van der Waals surface area contributed by atoms with Crippen LogP contribution >= 0.6 is 0 Å². The smallest absolute Gasteiger partial charge is 0.223 e. The van der Waals surface area contributed by atoms with E-state index >= 15 is 0 Å². The number of amides is 1. The van der Waals surface area contributed by atoms with Crippen molar-refractivity contribution in [3.63, 3.8) is 0 Å². The molecule has 4 rings (SSSR count). The van der Waals surface area contributed by atoms with Crippen molar-refractivity contribution in [1.82, 2.24) is 20.5 Å². The highest BCUT2D eigenvalue weighted by atomic mass is 16.3. The third-order valence-electron chi connectivity index (χ3n) is 4.65. The van der Waals surface area contributed by atoms with Crippen LogP contribution in [0, 0.1) is 12.8 Å². The second kappa shape index (κ2) is 6.55. The first-order chi connectivity index (χ1) is 12.2. The highest BCUT2D eigenvalue weighted by Gasteiger charge is 2.44. The number of benzene rings is 1. The maximum absolute atomic E-state index is 12.3. The molecule has 25 heavy (non-hydrogen) atoms. The zero-order valence-electron chi connectivity index (χ0n) is 14.0. The molecule has 2 N–H and O–H groups in total. The van der Waals surface area contributed by atoms with E-state index in [1.165, 1.54) is 11.1 Å². The Morgan fingerprint density at radius 3 is 3.00 bits per heavy atom. The van der Waals surface area contributed by atoms with Crippen LogP contribution in [0.25, 0.3) is 11.6 Å². The number of carbonyl (C=O) groups excluding carboxylic acids is 1. The van der Waals surface area contributed by atoms with Gasteiger partial charge in [-0.3, -0.25) is 9.89 Å². The molecule has 2 aromatic heterocycles. The van der Waals surface area contributed by atoms with Crippen LogP contribution in [0.3, 0.4) is 0 Å². The summed E-state index contributed by atoms with van der Waals surface area (Å²) in [4.78, 5) is 16.7. The lowest BCUT2D eigenvalue weighted by atomic mass is 10.0. The van der Waals surface area contributed by atoms with Gasteiger partial charge in [-0.25, -0.2) is 4.98 Å². The fraction of sp³-hybridized carbons (Fsp3) is 0.316. The van der Waals surface area contributed by atoms with Crippen molar-refractivity contribution in [3.05, 3.63) is 59.6 Å². The first-order valence-electron chi connectivity index (χ1n) is 8.51. The molecule has 1 aliphatic rings.